The first-order chi connectivity index (χ1) is 15.7. The van der Waals surface area contributed by atoms with Crippen LogP contribution in [-0.4, -0.2) is 31.8 Å². The largest absolute Gasteiger partial charge is 0.496 e. The van der Waals surface area contributed by atoms with E-state index in [1.807, 2.05) is 31.2 Å². The van der Waals surface area contributed by atoms with Crippen molar-refractivity contribution in [3.8, 4) is 11.5 Å². The molecule has 2 aromatic carbocycles. The average Bonchev–Trinajstić information content (AvgIpc) is 3.14. The van der Waals surface area contributed by atoms with Gasteiger partial charge in [-0.15, -0.1) is 0 Å². The van der Waals surface area contributed by atoms with Crippen LogP contribution in [0.15, 0.2) is 42.5 Å². The van der Waals surface area contributed by atoms with Gasteiger partial charge in [-0.25, -0.2) is 5.43 Å². The summed E-state index contributed by atoms with van der Waals surface area (Å²) in [6, 6.07) is 8.67. The highest BCUT2D eigenvalue weighted by Gasteiger charge is 2.34. The van der Waals surface area contributed by atoms with Crippen molar-refractivity contribution in [3.05, 3.63) is 59.2 Å². The first-order valence-electron chi connectivity index (χ1n) is 10.3. The Labute approximate surface area is 189 Å². The van der Waals surface area contributed by atoms with Crippen molar-refractivity contribution in [1.29, 1.82) is 0 Å². The molecule has 7 nitrogen and oxygen atoms in total. The first kappa shape index (κ1) is 24.4. The van der Waals surface area contributed by atoms with Crippen LogP contribution in [0.3, 0.4) is 0 Å². The zero-order valence-corrected chi connectivity index (χ0v) is 18.4. The van der Waals surface area contributed by atoms with E-state index in [1.165, 1.54) is 13.2 Å². The number of benzene rings is 2. The number of ether oxygens (including phenoxy) is 2. The third-order valence-corrected chi connectivity index (χ3v) is 5.62. The summed E-state index contributed by atoms with van der Waals surface area (Å²) in [6.07, 6.45) is -2.08. The molecule has 1 aliphatic rings. The highest BCUT2D eigenvalue weighted by Crippen LogP contribution is 2.45. The number of nitrogens with one attached hydrogen (secondary N) is 3. The fraction of sp³-hybridized carbons (Fsp3) is 0.348. The molecule has 3 rings (SSSR count). The predicted molar refractivity (Wildman–Crippen MR) is 118 cm³/mol. The summed E-state index contributed by atoms with van der Waals surface area (Å²) in [5.74, 6) is -1.07. The van der Waals surface area contributed by atoms with Crippen molar-refractivity contribution in [2.24, 2.45) is 5.92 Å². The Kier molecular flexibility index (Phi) is 7.50. The number of allylic oxidation sites excluding steroid dienone is 1. The van der Waals surface area contributed by atoms with Gasteiger partial charge in [0.05, 0.1) is 31.4 Å². The fourth-order valence-electron chi connectivity index (χ4n) is 4.01. The summed E-state index contributed by atoms with van der Waals surface area (Å²) in [5.41, 5.74) is 10.6. The molecular weight excluding hydrogens is 439 g/mol. The van der Waals surface area contributed by atoms with Gasteiger partial charge >= 0.3 is 12.1 Å². The van der Waals surface area contributed by atoms with Crippen molar-refractivity contribution in [3.63, 3.8) is 0 Å². The van der Waals surface area contributed by atoms with Crippen LogP contribution in [0.2, 0.25) is 0 Å². The number of carboxylic acid groups (broad SMARTS) is 1. The minimum absolute atomic E-state index is 0.0264. The number of carbonyl (C=O) groups is 1. The molecule has 4 N–H and O–H groups in total. The van der Waals surface area contributed by atoms with Crippen LogP contribution >= 0.6 is 0 Å². The Morgan fingerprint density at radius 1 is 1.15 bits per heavy atom. The van der Waals surface area contributed by atoms with Crippen LogP contribution in [0, 0.1) is 5.92 Å². The van der Waals surface area contributed by atoms with E-state index < -0.39 is 23.6 Å². The van der Waals surface area contributed by atoms with Crippen molar-refractivity contribution >= 4 is 17.2 Å². The minimum atomic E-state index is -4.47. The molecule has 33 heavy (non-hydrogen) atoms. The Morgan fingerprint density at radius 3 is 2.48 bits per heavy atom. The molecule has 2 atom stereocenters. The molecule has 0 saturated heterocycles. The fourth-order valence-corrected chi connectivity index (χ4v) is 4.01. The summed E-state index contributed by atoms with van der Waals surface area (Å²) >= 11 is 0. The topological polar surface area (TPSA) is 91.9 Å². The third kappa shape index (κ3) is 5.23. The molecule has 2 aromatic rings. The van der Waals surface area contributed by atoms with Gasteiger partial charge in [-0.2, -0.15) is 18.7 Å². The zero-order chi connectivity index (χ0) is 24.2. The summed E-state index contributed by atoms with van der Waals surface area (Å²) < 4.78 is 49.3. The number of alkyl halides is 3. The molecule has 1 aliphatic carbocycles. The molecule has 0 saturated carbocycles. The second kappa shape index (κ2) is 10.1. The quantitative estimate of drug-likeness (QED) is 0.305. The Hall–Kier alpha value is -3.24. The van der Waals surface area contributed by atoms with E-state index in [0.29, 0.717) is 24.4 Å². The van der Waals surface area contributed by atoms with Gasteiger partial charge in [0, 0.05) is 18.0 Å². The lowest BCUT2D eigenvalue weighted by atomic mass is 9.86. The molecule has 10 heteroatoms. The number of aliphatic carboxylic acids is 1. The van der Waals surface area contributed by atoms with Crippen LogP contribution in [0.25, 0.3) is 5.57 Å². The van der Waals surface area contributed by atoms with E-state index in [2.05, 4.69) is 16.4 Å². The number of halogens is 3. The number of rotatable bonds is 10. The number of fused-ring (bicyclic) bond motifs is 1. The Morgan fingerprint density at radius 2 is 1.88 bits per heavy atom. The van der Waals surface area contributed by atoms with E-state index in [1.54, 1.807) is 7.11 Å². The number of anilines is 1. The van der Waals surface area contributed by atoms with E-state index in [4.69, 9.17) is 9.47 Å². The monoisotopic (exact) mass is 465 g/mol. The number of methoxy groups -OCH3 is 2. The second-order valence-corrected chi connectivity index (χ2v) is 7.51. The van der Waals surface area contributed by atoms with Crippen LogP contribution in [-0.2, 0) is 11.0 Å². The molecule has 0 bridgehead atoms. The van der Waals surface area contributed by atoms with Gasteiger partial charge < -0.3 is 20.0 Å². The SMILES string of the molecule is CCC(C(=O)O)C1C=C(CNNNc2ccc(C(F)(F)F)cc2OC)c2c(OC)cccc21. The lowest BCUT2D eigenvalue weighted by Gasteiger charge is -2.18. The summed E-state index contributed by atoms with van der Waals surface area (Å²) in [4.78, 5) is 11.8. The molecule has 0 aromatic heterocycles. The van der Waals surface area contributed by atoms with E-state index in [9.17, 15) is 23.1 Å². The maximum absolute atomic E-state index is 12.9. The lowest BCUT2D eigenvalue weighted by molar-refractivity contribution is -0.142. The molecule has 0 radical (unpaired) electrons. The van der Waals surface area contributed by atoms with Gasteiger partial charge in [-0.1, -0.05) is 25.1 Å². The van der Waals surface area contributed by atoms with Crippen LogP contribution in [0.5, 0.6) is 11.5 Å². The van der Waals surface area contributed by atoms with Gasteiger partial charge in [-0.3, -0.25) is 4.79 Å². The van der Waals surface area contributed by atoms with Crippen molar-refractivity contribution in [1.82, 2.24) is 11.0 Å². The molecule has 0 aliphatic heterocycles. The van der Waals surface area contributed by atoms with E-state index in [0.717, 1.165) is 28.8 Å². The van der Waals surface area contributed by atoms with Gasteiger partial charge in [0.1, 0.15) is 11.5 Å². The van der Waals surface area contributed by atoms with Gasteiger partial charge in [-0.05, 0) is 41.8 Å². The predicted octanol–water partition coefficient (Wildman–Crippen LogP) is 4.44. The first-order valence-corrected chi connectivity index (χ1v) is 10.3. The molecule has 2 unspecified atom stereocenters. The molecule has 178 valence electrons. The summed E-state index contributed by atoms with van der Waals surface area (Å²) in [7, 11) is 2.84. The highest BCUT2D eigenvalue weighted by molar-refractivity contribution is 5.83. The molecule has 0 fully saturated rings. The Bertz CT molecular complexity index is 1040. The molecule has 0 spiro atoms. The van der Waals surface area contributed by atoms with Crippen molar-refractivity contribution < 1.29 is 32.5 Å². The average molecular weight is 465 g/mol. The molecular formula is C23H26F3N3O4. The normalized spacial score (nSPS) is 16.1. The summed E-state index contributed by atoms with van der Waals surface area (Å²) in [6.45, 7) is 2.14. The zero-order valence-electron chi connectivity index (χ0n) is 18.4. The number of hydrazine groups is 2. The third-order valence-electron chi connectivity index (χ3n) is 5.62. The van der Waals surface area contributed by atoms with Crippen LogP contribution in [0.1, 0.15) is 36.0 Å². The molecule has 0 amide bonds. The number of hydrogen-bond acceptors (Lipinski definition) is 6. The highest BCUT2D eigenvalue weighted by atomic mass is 19.4. The smallest absolute Gasteiger partial charge is 0.416 e. The van der Waals surface area contributed by atoms with Gasteiger partial charge in [0.2, 0.25) is 0 Å². The van der Waals surface area contributed by atoms with Crippen molar-refractivity contribution in [2.45, 2.75) is 25.4 Å². The maximum atomic E-state index is 12.9. The lowest BCUT2D eigenvalue weighted by Crippen LogP contribution is -2.37. The van der Waals surface area contributed by atoms with Crippen LogP contribution in [0.4, 0.5) is 18.9 Å². The van der Waals surface area contributed by atoms with E-state index in [-0.39, 0.29) is 11.7 Å². The molecule has 0 heterocycles. The van der Waals surface area contributed by atoms with E-state index >= 15 is 0 Å². The van der Waals surface area contributed by atoms with Crippen molar-refractivity contribution in [2.75, 3.05) is 26.2 Å². The number of hydrogen-bond donors (Lipinski definition) is 4. The van der Waals surface area contributed by atoms with Crippen LogP contribution < -0.4 is 25.9 Å². The Balaban J connectivity index is 1.73. The maximum Gasteiger partial charge on any atom is 0.416 e. The standard InChI is InChI=1S/C23H26F3N3O4/c1-4-15(22(30)31)17-10-13(21-16(17)6-5-7-19(21)32-2)12-27-29-28-18-9-8-14(23(24,25)26)11-20(18)33-3/h5-11,15,17,27-29H,4,12H2,1-3H3,(H,30,31). The second-order valence-electron chi connectivity index (χ2n) is 7.51. The minimum Gasteiger partial charge on any atom is -0.496 e. The summed E-state index contributed by atoms with van der Waals surface area (Å²) in [5, 5.41) is 9.65. The number of carboxylic acids is 1. The van der Waals surface area contributed by atoms with Gasteiger partial charge in [0.25, 0.3) is 0 Å². The van der Waals surface area contributed by atoms with Gasteiger partial charge in [0.15, 0.2) is 0 Å².